The zero-order chi connectivity index (χ0) is 20.9. The van der Waals surface area contributed by atoms with Crippen molar-refractivity contribution in [1.82, 2.24) is 15.3 Å². The highest BCUT2D eigenvalue weighted by Gasteiger charge is 2.35. The molecule has 1 N–H and O–H groups in total. The molecule has 0 spiro atoms. The molecule has 1 fully saturated rings. The third-order valence-corrected chi connectivity index (χ3v) is 5.94. The summed E-state index contributed by atoms with van der Waals surface area (Å²) in [5.41, 5.74) is 2.19. The lowest BCUT2D eigenvalue weighted by Crippen LogP contribution is -2.33. The van der Waals surface area contributed by atoms with Crippen molar-refractivity contribution in [3.05, 3.63) is 65.0 Å². The average Bonchev–Trinajstić information content (AvgIpc) is 3.39. The molecule has 154 valence electrons. The lowest BCUT2D eigenvalue weighted by Gasteiger charge is -2.17. The van der Waals surface area contributed by atoms with Crippen LogP contribution in [-0.2, 0) is 16.0 Å². The summed E-state index contributed by atoms with van der Waals surface area (Å²) in [6.45, 7) is 0.709. The quantitative estimate of drug-likeness (QED) is 0.590. The van der Waals surface area contributed by atoms with Gasteiger partial charge in [0.2, 0.25) is 11.8 Å². The molecule has 0 radical (unpaired) electrons. The lowest BCUT2D eigenvalue weighted by molar-refractivity contribution is -0.126. The van der Waals surface area contributed by atoms with E-state index < -0.39 is 11.7 Å². The number of nitrogens with one attached hydrogen (secondary N) is 1. The van der Waals surface area contributed by atoms with Crippen molar-refractivity contribution in [2.75, 3.05) is 18.0 Å². The molecule has 1 atom stereocenters. The van der Waals surface area contributed by atoms with Gasteiger partial charge in [0.1, 0.15) is 5.82 Å². The Kier molecular flexibility index (Phi) is 6.13. The summed E-state index contributed by atoms with van der Waals surface area (Å²) in [5, 5.41) is 5.93. The number of halogens is 1. The van der Waals surface area contributed by atoms with Crippen LogP contribution in [0.5, 0.6) is 0 Å². The molecule has 3 heterocycles. The fourth-order valence-electron chi connectivity index (χ4n) is 3.46. The van der Waals surface area contributed by atoms with Crippen LogP contribution in [0, 0.1) is 11.7 Å². The number of hydrogen-bond acceptors (Lipinski definition) is 5. The number of pyridine rings is 1. The molecule has 3 aromatic rings. The minimum Gasteiger partial charge on any atom is -0.356 e. The fourth-order valence-corrected chi connectivity index (χ4v) is 4.31. The summed E-state index contributed by atoms with van der Waals surface area (Å²) < 4.78 is 14.0. The number of anilines is 1. The molecule has 2 amide bonds. The summed E-state index contributed by atoms with van der Waals surface area (Å²) in [7, 11) is 0. The molecule has 0 bridgehead atoms. The molecule has 1 aliphatic heterocycles. The third kappa shape index (κ3) is 4.54. The highest BCUT2D eigenvalue weighted by atomic mass is 32.1. The van der Waals surface area contributed by atoms with Crippen molar-refractivity contribution < 1.29 is 14.0 Å². The Labute approximate surface area is 177 Å². The topological polar surface area (TPSA) is 75.2 Å². The number of amides is 2. The maximum absolute atomic E-state index is 14.0. The molecule has 0 saturated carbocycles. The predicted octanol–water partition coefficient (Wildman–Crippen LogP) is 3.45. The Morgan fingerprint density at radius 1 is 1.23 bits per heavy atom. The number of aromatic nitrogens is 2. The monoisotopic (exact) mass is 424 g/mol. The van der Waals surface area contributed by atoms with E-state index in [9.17, 15) is 14.0 Å². The van der Waals surface area contributed by atoms with Gasteiger partial charge in [-0.15, -0.1) is 11.3 Å². The van der Waals surface area contributed by atoms with Gasteiger partial charge in [0, 0.05) is 49.3 Å². The third-order valence-electron chi connectivity index (χ3n) is 5.03. The van der Waals surface area contributed by atoms with Crippen LogP contribution in [0.3, 0.4) is 0 Å². The van der Waals surface area contributed by atoms with Crippen molar-refractivity contribution in [2.45, 2.75) is 19.3 Å². The minimum absolute atomic E-state index is 0.0991. The fraction of sp³-hybridized carbons (Fsp3) is 0.273. The summed E-state index contributed by atoms with van der Waals surface area (Å²) >= 11 is 1.60. The first kappa shape index (κ1) is 20.2. The van der Waals surface area contributed by atoms with Gasteiger partial charge in [-0.1, -0.05) is 12.1 Å². The first-order chi connectivity index (χ1) is 14.6. The van der Waals surface area contributed by atoms with Crippen molar-refractivity contribution in [2.24, 2.45) is 5.92 Å². The SMILES string of the molecule is O=C(NCCCc1nc(-c2ccncc2)cs1)C1CC(=O)N(c2ccccc2F)C1. The van der Waals surface area contributed by atoms with Crippen LogP contribution in [-0.4, -0.2) is 34.9 Å². The first-order valence-corrected chi connectivity index (χ1v) is 10.7. The normalized spacial score (nSPS) is 16.1. The van der Waals surface area contributed by atoms with Gasteiger partial charge < -0.3 is 10.2 Å². The van der Waals surface area contributed by atoms with Crippen LogP contribution in [0.25, 0.3) is 11.3 Å². The van der Waals surface area contributed by atoms with Gasteiger partial charge in [0.15, 0.2) is 0 Å². The molecule has 6 nitrogen and oxygen atoms in total. The molecule has 2 aromatic heterocycles. The standard InChI is InChI=1S/C22H21FN4O2S/c23-17-4-1-2-5-19(17)27-13-16(12-21(27)28)22(29)25-9-3-6-20-26-18(14-30-20)15-7-10-24-11-8-15/h1-2,4-5,7-8,10-11,14,16H,3,6,9,12-13H2,(H,25,29). The van der Waals surface area contributed by atoms with Crippen LogP contribution in [0.1, 0.15) is 17.8 Å². The van der Waals surface area contributed by atoms with Gasteiger partial charge in [-0.3, -0.25) is 14.6 Å². The second-order valence-corrected chi connectivity index (χ2v) is 8.06. The van der Waals surface area contributed by atoms with Crippen LogP contribution in [0.15, 0.2) is 54.2 Å². The van der Waals surface area contributed by atoms with Gasteiger partial charge in [-0.2, -0.15) is 0 Å². The van der Waals surface area contributed by atoms with Crippen LogP contribution in [0.2, 0.25) is 0 Å². The summed E-state index contributed by atoms with van der Waals surface area (Å²) in [5.74, 6) is -1.32. The first-order valence-electron chi connectivity index (χ1n) is 9.79. The highest BCUT2D eigenvalue weighted by molar-refractivity contribution is 7.09. The van der Waals surface area contributed by atoms with E-state index in [-0.39, 0.29) is 30.5 Å². The van der Waals surface area contributed by atoms with E-state index in [1.165, 1.54) is 11.0 Å². The molecule has 1 aromatic carbocycles. The lowest BCUT2D eigenvalue weighted by atomic mass is 10.1. The van der Waals surface area contributed by atoms with Crippen LogP contribution < -0.4 is 10.2 Å². The van der Waals surface area contributed by atoms with Gasteiger partial charge >= 0.3 is 0 Å². The molecule has 1 aliphatic rings. The number of carbonyl (C=O) groups is 2. The molecule has 1 unspecified atom stereocenters. The molecular weight excluding hydrogens is 403 g/mol. The number of hydrogen-bond donors (Lipinski definition) is 1. The Bertz CT molecular complexity index is 1040. The molecule has 8 heteroatoms. The summed E-state index contributed by atoms with van der Waals surface area (Å²) in [4.78, 5) is 34.7. The highest BCUT2D eigenvalue weighted by Crippen LogP contribution is 2.27. The van der Waals surface area contributed by atoms with E-state index in [4.69, 9.17) is 0 Å². The van der Waals surface area contributed by atoms with Gasteiger partial charge in [0.05, 0.1) is 22.3 Å². The molecular formula is C22H21FN4O2S. The van der Waals surface area contributed by atoms with E-state index in [0.717, 1.165) is 29.1 Å². The Balaban J connectivity index is 1.24. The van der Waals surface area contributed by atoms with Gasteiger partial charge in [-0.25, -0.2) is 9.37 Å². The zero-order valence-corrected chi connectivity index (χ0v) is 17.1. The number of nitrogens with zero attached hydrogens (tertiary/aromatic N) is 3. The van der Waals surface area contributed by atoms with Gasteiger partial charge in [-0.05, 0) is 30.7 Å². The number of rotatable bonds is 7. The number of carbonyl (C=O) groups excluding carboxylic acids is 2. The van der Waals surface area contributed by atoms with Crippen molar-refractivity contribution in [1.29, 1.82) is 0 Å². The number of benzene rings is 1. The van der Waals surface area contributed by atoms with Crippen molar-refractivity contribution in [3.63, 3.8) is 0 Å². The average molecular weight is 425 g/mol. The Hall–Kier alpha value is -3.13. The number of aryl methyl sites for hydroxylation is 1. The van der Waals surface area contributed by atoms with Crippen molar-refractivity contribution >= 4 is 28.8 Å². The van der Waals surface area contributed by atoms with E-state index >= 15 is 0 Å². The Morgan fingerprint density at radius 3 is 2.83 bits per heavy atom. The molecule has 0 aliphatic carbocycles. The predicted molar refractivity (Wildman–Crippen MR) is 114 cm³/mol. The second-order valence-electron chi connectivity index (χ2n) is 7.11. The smallest absolute Gasteiger partial charge is 0.227 e. The molecule has 1 saturated heterocycles. The van der Waals surface area contributed by atoms with Gasteiger partial charge in [0.25, 0.3) is 0 Å². The van der Waals surface area contributed by atoms with E-state index in [2.05, 4.69) is 15.3 Å². The van der Waals surface area contributed by atoms with Crippen molar-refractivity contribution in [3.8, 4) is 11.3 Å². The zero-order valence-electron chi connectivity index (χ0n) is 16.3. The number of thiazole rings is 1. The largest absolute Gasteiger partial charge is 0.356 e. The number of para-hydroxylation sites is 1. The van der Waals surface area contributed by atoms with Crippen LogP contribution in [0.4, 0.5) is 10.1 Å². The van der Waals surface area contributed by atoms with E-state index in [0.29, 0.717) is 6.54 Å². The molecule has 4 rings (SSSR count). The Morgan fingerprint density at radius 2 is 2.03 bits per heavy atom. The van der Waals surface area contributed by atoms with Crippen LogP contribution >= 0.6 is 11.3 Å². The second kappa shape index (κ2) is 9.13. The maximum Gasteiger partial charge on any atom is 0.227 e. The van der Waals surface area contributed by atoms with E-state index in [1.54, 1.807) is 41.9 Å². The maximum atomic E-state index is 14.0. The summed E-state index contributed by atoms with van der Waals surface area (Å²) in [6, 6.07) is 9.97. The van der Waals surface area contributed by atoms with E-state index in [1.807, 2.05) is 17.5 Å². The minimum atomic E-state index is -0.463. The molecule has 30 heavy (non-hydrogen) atoms. The summed E-state index contributed by atoms with van der Waals surface area (Å²) in [6.07, 6.45) is 5.10.